The Morgan fingerprint density at radius 3 is 2.48 bits per heavy atom. The summed E-state index contributed by atoms with van der Waals surface area (Å²) in [6, 6.07) is 7.35. The lowest BCUT2D eigenvalue weighted by atomic mass is 10.1. The first-order valence-electron chi connectivity index (χ1n) is 6.15. The fraction of sp³-hybridized carbons (Fsp3) is 0.286. The van der Waals surface area contributed by atoms with Gasteiger partial charge >= 0.3 is 6.36 Å². The van der Waals surface area contributed by atoms with Crippen LogP contribution in [0.1, 0.15) is 25.6 Å². The molecule has 1 aromatic heterocycles. The molecule has 0 aliphatic carbocycles. The molecule has 0 N–H and O–H groups in total. The van der Waals surface area contributed by atoms with Crippen molar-refractivity contribution in [2.75, 3.05) is 0 Å². The van der Waals surface area contributed by atoms with Crippen LogP contribution in [-0.2, 0) is 0 Å². The predicted molar refractivity (Wildman–Crippen MR) is 75.9 cm³/mol. The maximum absolute atomic E-state index is 12.3. The van der Waals surface area contributed by atoms with Crippen molar-refractivity contribution in [3.8, 4) is 17.0 Å². The number of rotatable bonds is 3. The Labute approximate surface area is 128 Å². The van der Waals surface area contributed by atoms with E-state index in [-0.39, 0.29) is 11.7 Å². The molecule has 0 saturated heterocycles. The zero-order chi connectivity index (χ0) is 15.6. The van der Waals surface area contributed by atoms with Crippen molar-refractivity contribution in [1.29, 1.82) is 0 Å². The highest BCUT2D eigenvalue weighted by Crippen LogP contribution is 2.28. The van der Waals surface area contributed by atoms with E-state index >= 15 is 0 Å². The summed E-state index contributed by atoms with van der Waals surface area (Å²) < 4.78 is 41.3. The molecule has 0 fully saturated rings. The van der Waals surface area contributed by atoms with Gasteiger partial charge in [0.25, 0.3) is 0 Å². The van der Waals surface area contributed by atoms with Crippen LogP contribution in [0.25, 0.3) is 11.3 Å². The fourth-order valence-corrected chi connectivity index (χ4v) is 2.09. The lowest BCUT2D eigenvalue weighted by Gasteiger charge is -2.11. The third-order valence-corrected chi connectivity index (χ3v) is 3.00. The largest absolute Gasteiger partial charge is 0.573 e. The molecule has 0 aliphatic rings. The molecule has 21 heavy (non-hydrogen) atoms. The number of aromatic nitrogens is 2. The van der Waals surface area contributed by atoms with Gasteiger partial charge in [0.1, 0.15) is 16.2 Å². The van der Waals surface area contributed by atoms with Crippen LogP contribution in [0.15, 0.2) is 34.9 Å². The second-order valence-electron chi connectivity index (χ2n) is 4.66. The smallest absolute Gasteiger partial charge is 0.406 e. The molecule has 0 bridgehead atoms. The summed E-state index contributed by atoms with van der Waals surface area (Å²) in [5.74, 6) is 0.443. The summed E-state index contributed by atoms with van der Waals surface area (Å²) in [5, 5.41) is 0. The normalized spacial score (nSPS) is 11.8. The molecule has 112 valence electrons. The molecule has 0 spiro atoms. The molecular formula is C14H12BrF3N2O. The highest BCUT2D eigenvalue weighted by Gasteiger charge is 2.31. The molecule has 0 unspecified atom stereocenters. The Morgan fingerprint density at radius 1 is 1.14 bits per heavy atom. The molecular weight excluding hydrogens is 349 g/mol. The summed E-state index contributed by atoms with van der Waals surface area (Å²) in [6.45, 7) is 3.88. The number of alkyl halides is 3. The highest BCUT2D eigenvalue weighted by molar-refractivity contribution is 9.10. The van der Waals surface area contributed by atoms with E-state index in [9.17, 15) is 13.2 Å². The van der Waals surface area contributed by atoms with Gasteiger partial charge in [0.2, 0.25) is 0 Å². The van der Waals surface area contributed by atoms with Gasteiger partial charge in [-0.15, -0.1) is 13.2 Å². The molecule has 0 amide bonds. The summed E-state index contributed by atoms with van der Waals surface area (Å²) in [7, 11) is 0. The lowest BCUT2D eigenvalue weighted by Crippen LogP contribution is -2.17. The Morgan fingerprint density at radius 2 is 1.86 bits per heavy atom. The fourth-order valence-electron chi connectivity index (χ4n) is 1.69. The van der Waals surface area contributed by atoms with Crippen molar-refractivity contribution in [3.63, 3.8) is 0 Å². The minimum absolute atomic E-state index is 0.107. The molecule has 7 heteroatoms. The van der Waals surface area contributed by atoms with Crippen molar-refractivity contribution >= 4 is 15.9 Å². The van der Waals surface area contributed by atoms with Crippen molar-refractivity contribution < 1.29 is 17.9 Å². The van der Waals surface area contributed by atoms with Crippen LogP contribution in [0, 0.1) is 0 Å². The maximum atomic E-state index is 12.3. The van der Waals surface area contributed by atoms with E-state index in [1.165, 1.54) is 18.2 Å². The minimum atomic E-state index is -4.71. The second-order valence-corrected chi connectivity index (χ2v) is 5.48. The number of ether oxygens (including phenoxy) is 1. The first-order valence-corrected chi connectivity index (χ1v) is 6.94. The molecule has 3 nitrogen and oxygen atoms in total. The second kappa shape index (κ2) is 6.01. The molecule has 1 heterocycles. The Hall–Kier alpha value is -1.63. The molecule has 0 radical (unpaired) electrons. The standard InChI is InChI=1S/C14H12BrF3N2O/c1-8(2)13-19-11(7-12(15)20-13)9-4-3-5-10(6-9)21-14(16,17)18/h3-8H,1-2H3. The first-order chi connectivity index (χ1) is 9.74. The number of benzene rings is 1. The Bertz CT molecular complexity index is 644. The molecule has 0 aliphatic heterocycles. The first kappa shape index (κ1) is 15.8. The van der Waals surface area contributed by atoms with E-state index in [2.05, 4.69) is 30.6 Å². The third-order valence-electron chi connectivity index (χ3n) is 2.59. The predicted octanol–water partition coefficient (Wildman–Crippen LogP) is 4.93. The topological polar surface area (TPSA) is 35.0 Å². The van der Waals surface area contributed by atoms with Gasteiger partial charge in [0, 0.05) is 11.5 Å². The summed E-state index contributed by atoms with van der Waals surface area (Å²) in [6.07, 6.45) is -4.71. The van der Waals surface area contributed by atoms with Crippen molar-refractivity contribution in [1.82, 2.24) is 9.97 Å². The van der Waals surface area contributed by atoms with Gasteiger partial charge in [-0.25, -0.2) is 9.97 Å². The van der Waals surface area contributed by atoms with Crippen LogP contribution >= 0.6 is 15.9 Å². The van der Waals surface area contributed by atoms with Gasteiger partial charge in [0.05, 0.1) is 5.69 Å². The Balaban J connectivity index is 2.40. The molecule has 1 aromatic carbocycles. The van der Waals surface area contributed by atoms with Gasteiger partial charge in [-0.05, 0) is 34.1 Å². The summed E-state index contributed by atoms with van der Waals surface area (Å²) >= 11 is 3.28. The van der Waals surface area contributed by atoms with Crippen molar-refractivity contribution in [2.24, 2.45) is 0 Å². The monoisotopic (exact) mass is 360 g/mol. The van der Waals surface area contributed by atoms with Crippen LogP contribution < -0.4 is 4.74 Å². The average Bonchev–Trinajstić information content (AvgIpc) is 2.36. The van der Waals surface area contributed by atoms with E-state index in [0.717, 1.165) is 0 Å². The van der Waals surface area contributed by atoms with E-state index in [1.807, 2.05) is 13.8 Å². The molecule has 2 rings (SSSR count). The molecule has 0 saturated carbocycles. The zero-order valence-electron chi connectivity index (χ0n) is 11.3. The number of nitrogens with zero attached hydrogens (tertiary/aromatic N) is 2. The summed E-state index contributed by atoms with van der Waals surface area (Å²) in [5.41, 5.74) is 1.06. The highest BCUT2D eigenvalue weighted by atomic mass is 79.9. The maximum Gasteiger partial charge on any atom is 0.573 e. The lowest BCUT2D eigenvalue weighted by molar-refractivity contribution is -0.274. The number of halogens is 4. The zero-order valence-corrected chi connectivity index (χ0v) is 12.9. The van der Waals surface area contributed by atoms with Gasteiger partial charge in [-0.1, -0.05) is 26.0 Å². The molecule has 2 aromatic rings. The quantitative estimate of drug-likeness (QED) is 0.728. The van der Waals surface area contributed by atoms with Gasteiger partial charge in [-0.3, -0.25) is 0 Å². The van der Waals surface area contributed by atoms with Crippen LogP contribution in [0.4, 0.5) is 13.2 Å². The molecule has 0 atom stereocenters. The van der Waals surface area contributed by atoms with E-state index < -0.39 is 6.36 Å². The van der Waals surface area contributed by atoms with Crippen LogP contribution in [-0.4, -0.2) is 16.3 Å². The van der Waals surface area contributed by atoms with E-state index in [0.29, 0.717) is 21.7 Å². The van der Waals surface area contributed by atoms with Gasteiger partial charge < -0.3 is 4.74 Å². The minimum Gasteiger partial charge on any atom is -0.406 e. The van der Waals surface area contributed by atoms with E-state index in [4.69, 9.17) is 0 Å². The van der Waals surface area contributed by atoms with Gasteiger partial charge in [-0.2, -0.15) is 0 Å². The van der Waals surface area contributed by atoms with Crippen molar-refractivity contribution in [2.45, 2.75) is 26.1 Å². The average molecular weight is 361 g/mol. The van der Waals surface area contributed by atoms with E-state index in [1.54, 1.807) is 12.1 Å². The SMILES string of the molecule is CC(C)c1nc(Br)cc(-c2cccc(OC(F)(F)F)c2)n1. The van der Waals surface area contributed by atoms with Crippen LogP contribution in [0.5, 0.6) is 5.75 Å². The Kier molecular flexibility index (Phi) is 4.51. The summed E-state index contributed by atoms with van der Waals surface area (Å²) in [4.78, 5) is 8.60. The van der Waals surface area contributed by atoms with Gasteiger partial charge in [0.15, 0.2) is 0 Å². The third kappa shape index (κ3) is 4.42. The number of hydrogen-bond acceptors (Lipinski definition) is 3. The van der Waals surface area contributed by atoms with Crippen LogP contribution in [0.2, 0.25) is 0 Å². The van der Waals surface area contributed by atoms with Crippen molar-refractivity contribution in [3.05, 3.63) is 40.8 Å². The van der Waals surface area contributed by atoms with Crippen LogP contribution in [0.3, 0.4) is 0 Å². The number of hydrogen-bond donors (Lipinski definition) is 0.